The van der Waals surface area contributed by atoms with Crippen LogP contribution < -0.4 is 10.6 Å². The van der Waals surface area contributed by atoms with Crippen molar-refractivity contribution in [2.24, 2.45) is 0 Å². The quantitative estimate of drug-likeness (QED) is 0.739. The summed E-state index contributed by atoms with van der Waals surface area (Å²) in [5.74, 6) is -0.331. The Morgan fingerprint density at radius 3 is 2.68 bits per heavy atom. The minimum absolute atomic E-state index is 0.139. The van der Waals surface area contributed by atoms with Crippen molar-refractivity contribution in [3.05, 3.63) is 57.2 Å². The fraction of sp³-hybridized carbons (Fsp3) is 0.333. The van der Waals surface area contributed by atoms with E-state index in [-0.39, 0.29) is 12.5 Å². The van der Waals surface area contributed by atoms with Crippen LogP contribution in [0.5, 0.6) is 0 Å². The summed E-state index contributed by atoms with van der Waals surface area (Å²) in [7, 11) is 0. The van der Waals surface area contributed by atoms with E-state index in [0.29, 0.717) is 24.7 Å². The Balaban J connectivity index is 1.73. The van der Waals surface area contributed by atoms with Crippen molar-refractivity contribution in [2.75, 3.05) is 19.6 Å². The third kappa shape index (κ3) is 6.86. The SMILES string of the molecule is CCN(CC(=O)NC(=O)NCCc1cccs1)Cc1ccccc1Cl. The Labute approximate surface area is 157 Å². The number of urea groups is 1. The van der Waals surface area contributed by atoms with Gasteiger partial charge in [0, 0.05) is 23.0 Å². The predicted molar refractivity (Wildman–Crippen MR) is 102 cm³/mol. The second kappa shape index (κ2) is 10.2. The first-order chi connectivity index (χ1) is 12.1. The van der Waals surface area contributed by atoms with Gasteiger partial charge in [0.2, 0.25) is 5.91 Å². The Bertz CT molecular complexity index is 691. The summed E-state index contributed by atoms with van der Waals surface area (Å²) < 4.78 is 0. The summed E-state index contributed by atoms with van der Waals surface area (Å²) in [6, 6.07) is 11.1. The molecule has 3 amide bonds. The van der Waals surface area contributed by atoms with Gasteiger partial charge >= 0.3 is 6.03 Å². The molecule has 0 unspecified atom stereocenters. The number of benzene rings is 1. The molecule has 0 saturated carbocycles. The van der Waals surface area contributed by atoms with Gasteiger partial charge in [-0.25, -0.2) is 4.79 Å². The number of thiophene rings is 1. The molecule has 0 fully saturated rings. The van der Waals surface area contributed by atoms with Crippen LogP contribution in [0.1, 0.15) is 17.4 Å². The van der Waals surface area contributed by atoms with Crippen molar-refractivity contribution in [1.82, 2.24) is 15.5 Å². The van der Waals surface area contributed by atoms with Gasteiger partial charge in [0.1, 0.15) is 0 Å². The van der Waals surface area contributed by atoms with E-state index in [4.69, 9.17) is 11.6 Å². The van der Waals surface area contributed by atoms with Gasteiger partial charge in [0.05, 0.1) is 6.54 Å². The lowest BCUT2D eigenvalue weighted by Gasteiger charge is -2.20. The molecule has 1 aromatic carbocycles. The number of amides is 3. The third-order valence-corrected chi connectivity index (χ3v) is 4.96. The molecule has 2 N–H and O–H groups in total. The third-order valence-electron chi connectivity index (χ3n) is 3.66. The van der Waals surface area contributed by atoms with Crippen molar-refractivity contribution < 1.29 is 9.59 Å². The molecule has 1 aromatic heterocycles. The molecule has 134 valence electrons. The number of hydrogen-bond acceptors (Lipinski definition) is 4. The maximum absolute atomic E-state index is 12.0. The van der Waals surface area contributed by atoms with Gasteiger partial charge in [0.25, 0.3) is 0 Å². The standard InChI is InChI=1S/C18H22ClN3O2S/c1-2-22(12-14-6-3-4-8-16(14)19)13-17(23)21-18(24)20-10-9-15-7-5-11-25-15/h3-8,11H,2,9-10,12-13H2,1H3,(H2,20,21,23,24). The molecule has 0 aliphatic carbocycles. The van der Waals surface area contributed by atoms with Gasteiger partial charge in [-0.05, 0) is 36.0 Å². The van der Waals surface area contributed by atoms with E-state index in [2.05, 4.69) is 10.6 Å². The molecule has 0 atom stereocenters. The first-order valence-corrected chi connectivity index (χ1v) is 9.40. The van der Waals surface area contributed by atoms with E-state index in [9.17, 15) is 9.59 Å². The molecule has 1 heterocycles. The second-order valence-corrected chi connectivity index (χ2v) is 6.97. The molecule has 7 heteroatoms. The van der Waals surface area contributed by atoms with E-state index in [1.165, 1.54) is 4.88 Å². The zero-order valence-electron chi connectivity index (χ0n) is 14.1. The van der Waals surface area contributed by atoms with E-state index in [1.54, 1.807) is 11.3 Å². The van der Waals surface area contributed by atoms with Gasteiger partial charge in [-0.15, -0.1) is 11.3 Å². The van der Waals surface area contributed by atoms with Gasteiger partial charge in [-0.2, -0.15) is 0 Å². The number of likely N-dealkylation sites (N-methyl/N-ethyl adjacent to an activating group) is 1. The number of hydrogen-bond donors (Lipinski definition) is 2. The molecule has 2 aromatic rings. The maximum Gasteiger partial charge on any atom is 0.321 e. The minimum Gasteiger partial charge on any atom is -0.337 e. The number of halogens is 1. The van der Waals surface area contributed by atoms with Crippen LogP contribution in [0.4, 0.5) is 4.79 Å². The zero-order valence-corrected chi connectivity index (χ0v) is 15.7. The molecule has 0 radical (unpaired) electrons. The van der Waals surface area contributed by atoms with Crippen molar-refractivity contribution >= 4 is 34.9 Å². The largest absolute Gasteiger partial charge is 0.337 e. The second-order valence-electron chi connectivity index (χ2n) is 5.53. The summed E-state index contributed by atoms with van der Waals surface area (Å²) in [5.41, 5.74) is 0.958. The predicted octanol–water partition coefficient (Wildman–Crippen LogP) is 3.29. The van der Waals surface area contributed by atoms with Crippen LogP contribution in [-0.2, 0) is 17.8 Å². The van der Waals surface area contributed by atoms with Crippen molar-refractivity contribution in [1.29, 1.82) is 0 Å². The summed E-state index contributed by atoms with van der Waals surface area (Å²) >= 11 is 7.80. The number of nitrogens with zero attached hydrogens (tertiary/aromatic N) is 1. The van der Waals surface area contributed by atoms with E-state index < -0.39 is 6.03 Å². The molecule has 0 aliphatic rings. The van der Waals surface area contributed by atoms with Crippen LogP contribution in [0.2, 0.25) is 5.02 Å². The zero-order chi connectivity index (χ0) is 18.1. The van der Waals surface area contributed by atoms with Gasteiger partial charge in [0.15, 0.2) is 0 Å². The van der Waals surface area contributed by atoms with Crippen LogP contribution in [0.25, 0.3) is 0 Å². The van der Waals surface area contributed by atoms with Crippen LogP contribution >= 0.6 is 22.9 Å². The first-order valence-electron chi connectivity index (χ1n) is 8.14. The Morgan fingerprint density at radius 1 is 1.20 bits per heavy atom. The van der Waals surface area contributed by atoms with Crippen molar-refractivity contribution in [3.63, 3.8) is 0 Å². The molecule has 2 rings (SSSR count). The molecular weight excluding hydrogens is 358 g/mol. The highest BCUT2D eigenvalue weighted by atomic mass is 35.5. The lowest BCUT2D eigenvalue weighted by atomic mass is 10.2. The molecular formula is C18H22ClN3O2S. The van der Waals surface area contributed by atoms with Crippen molar-refractivity contribution in [2.45, 2.75) is 19.9 Å². The highest BCUT2D eigenvalue weighted by Crippen LogP contribution is 2.16. The Morgan fingerprint density at radius 2 is 2.00 bits per heavy atom. The highest BCUT2D eigenvalue weighted by molar-refractivity contribution is 7.09. The summed E-state index contributed by atoms with van der Waals surface area (Å²) in [6.07, 6.45) is 0.757. The topological polar surface area (TPSA) is 61.4 Å². The maximum atomic E-state index is 12.0. The van der Waals surface area contributed by atoms with Crippen LogP contribution in [0, 0.1) is 0 Å². The number of imide groups is 1. The Hall–Kier alpha value is -1.89. The molecule has 25 heavy (non-hydrogen) atoms. The molecule has 0 saturated heterocycles. The normalized spacial score (nSPS) is 10.7. The summed E-state index contributed by atoms with van der Waals surface area (Å²) in [6.45, 7) is 3.84. The highest BCUT2D eigenvalue weighted by Gasteiger charge is 2.13. The molecule has 5 nitrogen and oxygen atoms in total. The van der Waals surface area contributed by atoms with Gasteiger partial charge in [-0.1, -0.05) is 42.8 Å². The van der Waals surface area contributed by atoms with E-state index in [0.717, 1.165) is 12.0 Å². The fourth-order valence-corrected chi connectivity index (χ4v) is 3.22. The van der Waals surface area contributed by atoms with E-state index in [1.807, 2.05) is 53.6 Å². The number of rotatable bonds is 8. The smallest absolute Gasteiger partial charge is 0.321 e. The lowest BCUT2D eigenvalue weighted by Crippen LogP contribution is -2.44. The van der Waals surface area contributed by atoms with Gasteiger partial charge in [-0.3, -0.25) is 15.0 Å². The number of nitrogens with one attached hydrogen (secondary N) is 2. The van der Waals surface area contributed by atoms with Crippen LogP contribution in [0.15, 0.2) is 41.8 Å². The molecule has 0 spiro atoms. The van der Waals surface area contributed by atoms with Gasteiger partial charge < -0.3 is 5.32 Å². The minimum atomic E-state index is -0.463. The fourth-order valence-electron chi connectivity index (χ4n) is 2.31. The number of carbonyl (C=O) groups is 2. The average Bonchev–Trinajstić information content (AvgIpc) is 3.09. The van der Waals surface area contributed by atoms with E-state index >= 15 is 0 Å². The molecule has 0 bridgehead atoms. The first kappa shape index (κ1) is 19.4. The summed E-state index contributed by atoms with van der Waals surface area (Å²) in [5, 5.41) is 7.73. The monoisotopic (exact) mass is 379 g/mol. The van der Waals surface area contributed by atoms with Crippen molar-refractivity contribution in [3.8, 4) is 0 Å². The van der Waals surface area contributed by atoms with Crippen LogP contribution in [0.3, 0.4) is 0 Å². The average molecular weight is 380 g/mol. The lowest BCUT2D eigenvalue weighted by molar-refractivity contribution is -0.121. The molecule has 0 aliphatic heterocycles. The number of carbonyl (C=O) groups excluding carboxylic acids is 2. The van der Waals surface area contributed by atoms with Crippen LogP contribution in [-0.4, -0.2) is 36.5 Å². The Kier molecular flexibility index (Phi) is 7.91. The summed E-state index contributed by atoms with van der Waals surface area (Å²) in [4.78, 5) is 27.0.